The first-order chi connectivity index (χ1) is 13.6. The Morgan fingerprint density at radius 2 is 1.61 bits per heavy atom. The summed E-state index contributed by atoms with van der Waals surface area (Å²) in [4.78, 5) is 19.9. The SMILES string of the molecule is CN(C)C(C(=O)Nc1ccc(N2CCN(C3CC3)CC2)cc1)c1ccccc1. The van der Waals surface area contributed by atoms with Crippen molar-refractivity contribution in [3.63, 3.8) is 0 Å². The normalized spacial score (nSPS) is 18.9. The molecule has 2 aromatic carbocycles. The molecule has 1 atom stereocenters. The van der Waals surface area contributed by atoms with Crippen LogP contribution in [0.15, 0.2) is 54.6 Å². The fraction of sp³-hybridized carbons (Fsp3) is 0.435. The average molecular weight is 379 g/mol. The van der Waals surface area contributed by atoms with E-state index >= 15 is 0 Å². The van der Waals surface area contributed by atoms with Crippen molar-refractivity contribution in [1.29, 1.82) is 0 Å². The van der Waals surface area contributed by atoms with Crippen LogP contribution in [0.2, 0.25) is 0 Å². The number of amides is 1. The van der Waals surface area contributed by atoms with Gasteiger partial charge in [-0.1, -0.05) is 30.3 Å². The molecule has 2 fully saturated rings. The zero-order chi connectivity index (χ0) is 19.5. The largest absolute Gasteiger partial charge is 0.369 e. The molecule has 0 spiro atoms. The Hall–Kier alpha value is -2.37. The number of piperazine rings is 1. The Labute approximate surface area is 167 Å². The number of anilines is 2. The molecule has 2 aromatic rings. The lowest BCUT2D eigenvalue weighted by Gasteiger charge is -2.36. The summed E-state index contributed by atoms with van der Waals surface area (Å²) in [5.74, 6) is -0.0120. The third-order valence-electron chi connectivity index (χ3n) is 5.76. The maximum absolute atomic E-state index is 12.9. The van der Waals surface area contributed by atoms with Gasteiger partial charge in [0.05, 0.1) is 0 Å². The van der Waals surface area contributed by atoms with Gasteiger partial charge in [-0.25, -0.2) is 0 Å². The molecule has 1 aliphatic carbocycles. The van der Waals surface area contributed by atoms with Gasteiger partial charge < -0.3 is 10.2 Å². The van der Waals surface area contributed by atoms with Gasteiger partial charge >= 0.3 is 0 Å². The van der Waals surface area contributed by atoms with Gasteiger partial charge in [-0.05, 0) is 56.8 Å². The van der Waals surface area contributed by atoms with Crippen LogP contribution in [0.3, 0.4) is 0 Å². The van der Waals surface area contributed by atoms with Crippen molar-refractivity contribution in [3.8, 4) is 0 Å². The molecular weight excluding hydrogens is 348 g/mol. The fourth-order valence-electron chi connectivity index (χ4n) is 4.07. The topological polar surface area (TPSA) is 38.8 Å². The van der Waals surface area contributed by atoms with E-state index in [1.165, 1.54) is 18.5 Å². The molecule has 1 unspecified atom stereocenters. The first kappa shape index (κ1) is 19.0. The fourth-order valence-corrected chi connectivity index (χ4v) is 4.07. The second kappa shape index (κ2) is 8.33. The summed E-state index contributed by atoms with van der Waals surface area (Å²) in [5, 5.41) is 3.07. The number of nitrogens with one attached hydrogen (secondary N) is 1. The molecule has 28 heavy (non-hydrogen) atoms. The highest BCUT2D eigenvalue weighted by molar-refractivity contribution is 5.95. The highest BCUT2D eigenvalue weighted by atomic mass is 16.2. The van der Waals surface area contributed by atoms with Crippen LogP contribution in [-0.2, 0) is 4.79 Å². The number of carbonyl (C=O) groups excluding carboxylic acids is 1. The standard InChI is InChI=1S/C23H30N4O/c1-25(2)22(18-6-4-3-5-7-18)23(28)24-19-8-10-20(11-9-19)26-14-16-27(17-15-26)21-12-13-21/h3-11,21-22H,12-17H2,1-2H3,(H,24,28). The number of carbonyl (C=O) groups is 1. The van der Waals surface area contributed by atoms with Crippen molar-refractivity contribution >= 4 is 17.3 Å². The Balaban J connectivity index is 1.37. The van der Waals surface area contributed by atoms with Gasteiger partial charge in [-0.15, -0.1) is 0 Å². The first-order valence-corrected chi connectivity index (χ1v) is 10.2. The highest BCUT2D eigenvalue weighted by Crippen LogP contribution is 2.29. The number of likely N-dealkylation sites (N-methyl/N-ethyl adjacent to an activating group) is 1. The highest BCUT2D eigenvalue weighted by Gasteiger charge is 2.31. The van der Waals surface area contributed by atoms with Crippen molar-refractivity contribution in [2.24, 2.45) is 0 Å². The van der Waals surface area contributed by atoms with E-state index in [-0.39, 0.29) is 11.9 Å². The second-order valence-electron chi connectivity index (χ2n) is 8.07. The molecule has 1 aliphatic heterocycles. The molecule has 1 heterocycles. The van der Waals surface area contributed by atoms with Crippen LogP contribution >= 0.6 is 0 Å². The zero-order valence-electron chi connectivity index (χ0n) is 16.8. The molecule has 2 aliphatic rings. The predicted molar refractivity (Wildman–Crippen MR) is 115 cm³/mol. The van der Waals surface area contributed by atoms with Crippen LogP contribution in [0.4, 0.5) is 11.4 Å². The Bertz CT molecular complexity index is 778. The van der Waals surface area contributed by atoms with Gasteiger partial charge in [-0.3, -0.25) is 14.6 Å². The lowest BCUT2D eigenvalue weighted by Crippen LogP contribution is -2.47. The number of rotatable bonds is 6. The van der Waals surface area contributed by atoms with E-state index < -0.39 is 0 Å². The molecule has 5 nitrogen and oxygen atoms in total. The minimum Gasteiger partial charge on any atom is -0.369 e. The third-order valence-corrected chi connectivity index (χ3v) is 5.76. The van der Waals surface area contributed by atoms with Crippen molar-refractivity contribution < 1.29 is 4.79 Å². The molecule has 1 saturated heterocycles. The maximum Gasteiger partial charge on any atom is 0.246 e. The van der Waals surface area contributed by atoms with Crippen LogP contribution in [-0.4, -0.2) is 62.0 Å². The minimum absolute atomic E-state index is 0.0120. The molecule has 5 heteroatoms. The quantitative estimate of drug-likeness (QED) is 0.838. The van der Waals surface area contributed by atoms with E-state index in [4.69, 9.17) is 0 Å². The number of nitrogens with zero attached hydrogens (tertiary/aromatic N) is 3. The van der Waals surface area contributed by atoms with E-state index in [1.807, 2.05) is 61.5 Å². The van der Waals surface area contributed by atoms with Crippen LogP contribution in [0.1, 0.15) is 24.4 Å². The number of benzene rings is 2. The van der Waals surface area contributed by atoms with Gasteiger partial charge in [0, 0.05) is 43.6 Å². The average Bonchev–Trinajstić information content (AvgIpc) is 3.55. The van der Waals surface area contributed by atoms with E-state index in [9.17, 15) is 4.79 Å². The predicted octanol–water partition coefficient (Wildman–Crippen LogP) is 3.21. The molecule has 1 N–H and O–H groups in total. The Morgan fingerprint density at radius 1 is 0.964 bits per heavy atom. The lowest BCUT2D eigenvalue weighted by molar-refractivity contribution is -0.120. The monoisotopic (exact) mass is 378 g/mol. The molecule has 1 saturated carbocycles. The van der Waals surface area contributed by atoms with Gasteiger partial charge in [0.2, 0.25) is 5.91 Å². The van der Waals surface area contributed by atoms with Crippen LogP contribution < -0.4 is 10.2 Å². The van der Waals surface area contributed by atoms with E-state index in [0.29, 0.717) is 0 Å². The van der Waals surface area contributed by atoms with Crippen LogP contribution in [0.5, 0.6) is 0 Å². The summed E-state index contributed by atoms with van der Waals surface area (Å²) in [6.45, 7) is 4.48. The molecule has 148 valence electrons. The molecule has 4 rings (SSSR count). The Kier molecular flexibility index (Phi) is 5.64. The molecule has 0 aromatic heterocycles. The number of hydrogen-bond acceptors (Lipinski definition) is 4. The van der Waals surface area contributed by atoms with Crippen LogP contribution in [0.25, 0.3) is 0 Å². The minimum atomic E-state index is -0.309. The Morgan fingerprint density at radius 3 is 2.18 bits per heavy atom. The van der Waals surface area contributed by atoms with Crippen LogP contribution in [0, 0.1) is 0 Å². The lowest BCUT2D eigenvalue weighted by atomic mass is 10.1. The smallest absolute Gasteiger partial charge is 0.246 e. The summed E-state index contributed by atoms with van der Waals surface area (Å²) in [5.41, 5.74) is 3.07. The summed E-state index contributed by atoms with van der Waals surface area (Å²) in [6.07, 6.45) is 2.76. The molecule has 1 amide bonds. The molecule has 0 radical (unpaired) electrons. The summed E-state index contributed by atoms with van der Waals surface area (Å²) in [6, 6.07) is 18.7. The van der Waals surface area contributed by atoms with Crippen molar-refractivity contribution in [2.45, 2.75) is 24.9 Å². The molecular formula is C23H30N4O. The summed E-state index contributed by atoms with van der Waals surface area (Å²) < 4.78 is 0. The van der Waals surface area contributed by atoms with Crippen molar-refractivity contribution in [1.82, 2.24) is 9.80 Å². The van der Waals surface area contributed by atoms with Gasteiger partial charge in [0.15, 0.2) is 0 Å². The molecule has 0 bridgehead atoms. The number of hydrogen-bond donors (Lipinski definition) is 1. The van der Waals surface area contributed by atoms with Crippen molar-refractivity contribution in [2.75, 3.05) is 50.5 Å². The summed E-state index contributed by atoms with van der Waals surface area (Å²) in [7, 11) is 3.86. The first-order valence-electron chi connectivity index (χ1n) is 10.2. The van der Waals surface area contributed by atoms with Gasteiger partial charge in [0.25, 0.3) is 0 Å². The zero-order valence-corrected chi connectivity index (χ0v) is 16.8. The summed E-state index contributed by atoms with van der Waals surface area (Å²) >= 11 is 0. The third kappa shape index (κ3) is 4.37. The van der Waals surface area contributed by atoms with E-state index in [0.717, 1.165) is 43.5 Å². The maximum atomic E-state index is 12.9. The van der Waals surface area contributed by atoms with E-state index in [2.05, 4.69) is 27.2 Å². The van der Waals surface area contributed by atoms with Crippen molar-refractivity contribution in [3.05, 3.63) is 60.2 Å². The van der Waals surface area contributed by atoms with Gasteiger partial charge in [-0.2, -0.15) is 0 Å². The van der Waals surface area contributed by atoms with E-state index in [1.54, 1.807) is 0 Å². The van der Waals surface area contributed by atoms with Gasteiger partial charge in [0.1, 0.15) is 6.04 Å². The second-order valence-corrected chi connectivity index (χ2v) is 8.07.